The Balaban J connectivity index is 2.12. The largest absolute Gasteiger partial charge is 0.369 e. The predicted octanol–water partition coefficient (Wildman–Crippen LogP) is 2.43. The van der Waals surface area contributed by atoms with Gasteiger partial charge in [0, 0.05) is 18.4 Å². The van der Waals surface area contributed by atoms with Crippen molar-refractivity contribution in [1.29, 1.82) is 0 Å². The monoisotopic (exact) mass is 269 g/mol. The molecule has 104 valence electrons. The Bertz CT molecular complexity index is 647. The maximum atomic E-state index is 5.88. The van der Waals surface area contributed by atoms with Crippen LogP contribution in [0.5, 0.6) is 0 Å². The summed E-state index contributed by atoms with van der Waals surface area (Å²) < 4.78 is 1.78. The zero-order valence-electron chi connectivity index (χ0n) is 12.0. The van der Waals surface area contributed by atoms with Gasteiger partial charge in [0.2, 0.25) is 0 Å². The molecular formula is C15H19N5. The van der Waals surface area contributed by atoms with Crippen LogP contribution in [0.25, 0.3) is 5.70 Å². The highest BCUT2D eigenvalue weighted by molar-refractivity contribution is 5.95. The van der Waals surface area contributed by atoms with Crippen LogP contribution in [-0.2, 0) is 7.05 Å². The molecule has 5 nitrogen and oxygen atoms in total. The molecule has 0 saturated heterocycles. The van der Waals surface area contributed by atoms with E-state index in [-0.39, 0.29) is 0 Å². The standard InChI is InChI=1S/C15H19N5/c1-10-6-5-7-13(8-10)18-15(16)17-12(3)14-9-11(2)20(4)19-14/h5-9H,3H2,1-2,4H3,(H3,16,17,18). The number of nitrogens with two attached hydrogens (primary N) is 1. The Kier molecular flexibility index (Phi) is 3.89. The number of nitrogens with zero attached hydrogens (tertiary/aromatic N) is 3. The average Bonchev–Trinajstić information content (AvgIpc) is 2.69. The SMILES string of the molecule is C=C(N=C(N)Nc1cccc(C)c1)c1cc(C)n(C)n1. The molecule has 20 heavy (non-hydrogen) atoms. The van der Waals surface area contributed by atoms with Crippen molar-refractivity contribution in [2.45, 2.75) is 13.8 Å². The van der Waals surface area contributed by atoms with Gasteiger partial charge in [-0.3, -0.25) is 4.68 Å². The molecule has 0 fully saturated rings. The highest BCUT2D eigenvalue weighted by Crippen LogP contribution is 2.14. The summed E-state index contributed by atoms with van der Waals surface area (Å²) in [6, 6.07) is 9.83. The molecule has 0 saturated carbocycles. The molecule has 2 aromatic rings. The molecule has 0 aliphatic heterocycles. The number of rotatable bonds is 3. The van der Waals surface area contributed by atoms with Gasteiger partial charge in [0.05, 0.1) is 5.70 Å². The molecule has 0 radical (unpaired) electrons. The molecule has 1 heterocycles. The third-order valence-corrected chi connectivity index (χ3v) is 2.96. The van der Waals surface area contributed by atoms with Crippen molar-refractivity contribution in [1.82, 2.24) is 9.78 Å². The van der Waals surface area contributed by atoms with E-state index in [9.17, 15) is 0 Å². The molecule has 1 aromatic carbocycles. The van der Waals surface area contributed by atoms with E-state index >= 15 is 0 Å². The van der Waals surface area contributed by atoms with Crippen LogP contribution in [-0.4, -0.2) is 15.7 Å². The number of hydrogen-bond acceptors (Lipinski definition) is 2. The lowest BCUT2D eigenvalue weighted by molar-refractivity contribution is 0.736. The molecule has 0 aliphatic carbocycles. The molecule has 0 unspecified atom stereocenters. The van der Waals surface area contributed by atoms with Crippen molar-refractivity contribution >= 4 is 17.3 Å². The Morgan fingerprint density at radius 3 is 2.70 bits per heavy atom. The smallest absolute Gasteiger partial charge is 0.198 e. The lowest BCUT2D eigenvalue weighted by Crippen LogP contribution is -2.22. The quantitative estimate of drug-likeness (QED) is 0.664. The first kappa shape index (κ1) is 13.9. The van der Waals surface area contributed by atoms with Gasteiger partial charge in [-0.25, -0.2) is 4.99 Å². The summed E-state index contributed by atoms with van der Waals surface area (Å²) in [5.41, 5.74) is 10.2. The predicted molar refractivity (Wildman–Crippen MR) is 83.4 cm³/mol. The molecule has 1 aromatic heterocycles. The number of aliphatic imine (C=N–C) groups is 1. The maximum absolute atomic E-state index is 5.88. The van der Waals surface area contributed by atoms with E-state index in [4.69, 9.17) is 5.73 Å². The Morgan fingerprint density at radius 1 is 1.35 bits per heavy atom. The number of anilines is 1. The fourth-order valence-electron chi connectivity index (χ4n) is 1.80. The summed E-state index contributed by atoms with van der Waals surface area (Å²) in [7, 11) is 1.88. The molecule has 3 N–H and O–H groups in total. The number of benzene rings is 1. The second kappa shape index (κ2) is 5.61. The van der Waals surface area contributed by atoms with E-state index in [2.05, 4.69) is 22.0 Å². The summed E-state index contributed by atoms with van der Waals surface area (Å²) in [5, 5.41) is 7.35. The average molecular weight is 269 g/mol. The summed E-state index contributed by atoms with van der Waals surface area (Å²) >= 11 is 0. The molecule has 0 aliphatic rings. The van der Waals surface area contributed by atoms with Gasteiger partial charge < -0.3 is 11.1 Å². The number of aromatic nitrogens is 2. The van der Waals surface area contributed by atoms with E-state index < -0.39 is 0 Å². The summed E-state index contributed by atoms with van der Waals surface area (Å²) in [6.07, 6.45) is 0. The number of hydrogen-bond donors (Lipinski definition) is 2. The second-order valence-electron chi connectivity index (χ2n) is 4.73. The van der Waals surface area contributed by atoms with Gasteiger partial charge in [-0.05, 0) is 37.6 Å². The maximum Gasteiger partial charge on any atom is 0.198 e. The lowest BCUT2D eigenvalue weighted by Gasteiger charge is -2.06. The lowest BCUT2D eigenvalue weighted by atomic mass is 10.2. The topological polar surface area (TPSA) is 68.2 Å². The zero-order valence-corrected chi connectivity index (χ0v) is 12.0. The summed E-state index contributed by atoms with van der Waals surface area (Å²) in [6.45, 7) is 7.89. The minimum Gasteiger partial charge on any atom is -0.369 e. The van der Waals surface area contributed by atoms with Crippen LogP contribution in [0.2, 0.25) is 0 Å². The molecule has 0 bridgehead atoms. The van der Waals surface area contributed by atoms with Crippen molar-refractivity contribution in [3.63, 3.8) is 0 Å². The van der Waals surface area contributed by atoms with Crippen LogP contribution in [0.3, 0.4) is 0 Å². The van der Waals surface area contributed by atoms with E-state index in [0.717, 1.165) is 22.6 Å². The van der Waals surface area contributed by atoms with E-state index in [1.807, 2.05) is 51.2 Å². The van der Waals surface area contributed by atoms with Crippen molar-refractivity contribution in [2.24, 2.45) is 17.8 Å². The third kappa shape index (κ3) is 3.26. The van der Waals surface area contributed by atoms with Crippen molar-refractivity contribution in [3.05, 3.63) is 53.9 Å². The summed E-state index contributed by atoms with van der Waals surface area (Å²) in [4.78, 5) is 4.24. The molecule has 5 heteroatoms. The third-order valence-electron chi connectivity index (χ3n) is 2.96. The first-order chi connectivity index (χ1) is 9.45. The first-order valence-electron chi connectivity index (χ1n) is 6.33. The zero-order chi connectivity index (χ0) is 14.7. The van der Waals surface area contributed by atoms with E-state index in [1.165, 1.54) is 0 Å². The van der Waals surface area contributed by atoms with Gasteiger partial charge in [-0.2, -0.15) is 5.10 Å². The van der Waals surface area contributed by atoms with Gasteiger partial charge in [0.1, 0.15) is 5.69 Å². The highest BCUT2D eigenvalue weighted by Gasteiger charge is 2.05. The second-order valence-corrected chi connectivity index (χ2v) is 4.73. The molecule has 2 rings (SSSR count). The van der Waals surface area contributed by atoms with E-state index in [1.54, 1.807) is 4.68 Å². The van der Waals surface area contributed by atoms with Gasteiger partial charge in [0.15, 0.2) is 5.96 Å². The number of guanidine groups is 1. The Morgan fingerprint density at radius 2 is 2.10 bits per heavy atom. The van der Waals surface area contributed by atoms with Gasteiger partial charge in [0.25, 0.3) is 0 Å². The van der Waals surface area contributed by atoms with Crippen LogP contribution >= 0.6 is 0 Å². The van der Waals surface area contributed by atoms with Crippen LogP contribution in [0.1, 0.15) is 17.0 Å². The van der Waals surface area contributed by atoms with Crippen LogP contribution in [0, 0.1) is 13.8 Å². The van der Waals surface area contributed by atoms with E-state index in [0.29, 0.717) is 11.7 Å². The van der Waals surface area contributed by atoms with Gasteiger partial charge in [-0.15, -0.1) is 0 Å². The van der Waals surface area contributed by atoms with Crippen LogP contribution in [0.4, 0.5) is 5.69 Å². The minimum atomic E-state index is 0.295. The number of aryl methyl sites for hydroxylation is 3. The summed E-state index contributed by atoms with van der Waals surface area (Å²) in [5.74, 6) is 0.295. The molecule has 0 amide bonds. The van der Waals surface area contributed by atoms with Crippen LogP contribution < -0.4 is 11.1 Å². The minimum absolute atomic E-state index is 0.295. The molecular weight excluding hydrogens is 250 g/mol. The van der Waals surface area contributed by atoms with Crippen molar-refractivity contribution < 1.29 is 0 Å². The van der Waals surface area contributed by atoms with Gasteiger partial charge >= 0.3 is 0 Å². The van der Waals surface area contributed by atoms with Gasteiger partial charge in [-0.1, -0.05) is 18.7 Å². The normalized spacial score (nSPS) is 11.4. The van der Waals surface area contributed by atoms with Crippen molar-refractivity contribution in [2.75, 3.05) is 5.32 Å². The fourth-order valence-corrected chi connectivity index (χ4v) is 1.80. The molecule has 0 spiro atoms. The number of nitrogens with one attached hydrogen (secondary N) is 1. The fraction of sp³-hybridized carbons (Fsp3) is 0.200. The Hall–Kier alpha value is -2.56. The van der Waals surface area contributed by atoms with Crippen molar-refractivity contribution in [3.8, 4) is 0 Å². The first-order valence-corrected chi connectivity index (χ1v) is 6.33. The Labute approximate surface area is 118 Å². The highest BCUT2D eigenvalue weighted by atomic mass is 15.3. The molecule has 0 atom stereocenters. The van der Waals surface area contributed by atoms with Crippen LogP contribution in [0.15, 0.2) is 41.9 Å².